The molecule has 1 atom stereocenters. The zero-order chi connectivity index (χ0) is 11.4. The second kappa shape index (κ2) is 5.24. The third-order valence-electron chi connectivity index (χ3n) is 2.32. The van der Waals surface area contributed by atoms with Gasteiger partial charge < -0.3 is 5.11 Å². The summed E-state index contributed by atoms with van der Waals surface area (Å²) in [5, 5.41) is 9.21. The van der Waals surface area contributed by atoms with Crippen LogP contribution in [0.3, 0.4) is 0 Å². The van der Waals surface area contributed by atoms with E-state index < -0.39 is 0 Å². The van der Waals surface area contributed by atoms with Crippen molar-refractivity contribution < 1.29 is 9.50 Å². The van der Waals surface area contributed by atoms with E-state index in [2.05, 4.69) is 0 Å². The van der Waals surface area contributed by atoms with Gasteiger partial charge in [-0.25, -0.2) is 4.39 Å². The lowest BCUT2D eigenvalue weighted by atomic mass is 10.1. The molecule has 1 N–H and O–H groups in total. The van der Waals surface area contributed by atoms with E-state index in [1.54, 1.807) is 13.0 Å². The van der Waals surface area contributed by atoms with Gasteiger partial charge in [0, 0.05) is 13.1 Å². The first kappa shape index (κ1) is 12.1. The van der Waals surface area contributed by atoms with Crippen LogP contribution in [-0.2, 0) is 6.54 Å². The summed E-state index contributed by atoms with van der Waals surface area (Å²) in [5.74, 6) is -0.200. The minimum atomic E-state index is -0.337. The summed E-state index contributed by atoms with van der Waals surface area (Å²) in [5.41, 5.74) is 2.05. The fourth-order valence-electron chi connectivity index (χ4n) is 1.64. The maximum atomic E-state index is 12.8. The molecule has 1 rings (SSSR count). The van der Waals surface area contributed by atoms with Gasteiger partial charge >= 0.3 is 0 Å². The SMILES string of the molecule is Cc1cc(F)ccc1CN(C)CC(C)O. The van der Waals surface area contributed by atoms with Crippen molar-refractivity contribution in [1.29, 1.82) is 0 Å². The van der Waals surface area contributed by atoms with E-state index >= 15 is 0 Å². The van der Waals surface area contributed by atoms with Gasteiger partial charge in [-0.15, -0.1) is 0 Å². The zero-order valence-corrected chi connectivity index (χ0v) is 9.50. The molecule has 1 aromatic rings. The summed E-state index contributed by atoms with van der Waals surface area (Å²) in [6.07, 6.45) is -0.337. The van der Waals surface area contributed by atoms with Crippen molar-refractivity contribution in [3.8, 4) is 0 Å². The molecule has 0 spiro atoms. The number of likely N-dealkylation sites (N-methyl/N-ethyl adjacent to an activating group) is 1. The molecule has 0 aromatic heterocycles. The summed E-state index contributed by atoms with van der Waals surface area (Å²) in [4.78, 5) is 2.02. The van der Waals surface area contributed by atoms with Gasteiger partial charge in [-0.2, -0.15) is 0 Å². The predicted octanol–water partition coefficient (Wildman–Crippen LogP) is 1.95. The van der Waals surface area contributed by atoms with Crippen molar-refractivity contribution in [2.45, 2.75) is 26.5 Å². The molecule has 0 radical (unpaired) electrons. The van der Waals surface area contributed by atoms with Crippen molar-refractivity contribution in [1.82, 2.24) is 4.90 Å². The Morgan fingerprint density at radius 2 is 2.13 bits per heavy atom. The van der Waals surface area contributed by atoms with Gasteiger partial charge in [0.05, 0.1) is 6.10 Å². The van der Waals surface area contributed by atoms with Crippen LogP contribution in [-0.4, -0.2) is 29.7 Å². The first-order chi connectivity index (χ1) is 6.99. The van der Waals surface area contributed by atoms with Gasteiger partial charge in [0.25, 0.3) is 0 Å². The van der Waals surface area contributed by atoms with Crippen LogP contribution in [0.15, 0.2) is 18.2 Å². The zero-order valence-electron chi connectivity index (χ0n) is 9.50. The molecule has 0 fully saturated rings. The van der Waals surface area contributed by atoms with E-state index in [1.807, 2.05) is 18.9 Å². The molecule has 84 valence electrons. The molecule has 1 aromatic carbocycles. The first-order valence-corrected chi connectivity index (χ1v) is 5.10. The number of nitrogens with zero attached hydrogens (tertiary/aromatic N) is 1. The summed E-state index contributed by atoms with van der Waals surface area (Å²) in [6, 6.07) is 4.80. The van der Waals surface area contributed by atoms with E-state index in [0.717, 1.165) is 17.7 Å². The highest BCUT2D eigenvalue weighted by Gasteiger charge is 2.06. The van der Waals surface area contributed by atoms with Gasteiger partial charge in [0.15, 0.2) is 0 Å². The molecule has 1 unspecified atom stereocenters. The molecule has 2 nitrogen and oxygen atoms in total. The number of hydrogen-bond acceptors (Lipinski definition) is 2. The molecule has 0 saturated heterocycles. The highest BCUT2D eigenvalue weighted by Crippen LogP contribution is 2.12. The Balaban J connectivity index is 2.64. The number of halogens is 1. The maximum Gasteiger partial charge on any atom is 0.123 e. The number of hydrogen-bond donors (Lipinski definition) is 1. The Morgan fingerprint density at radius 1 is 1.47 bits per heavy atom. The molecule has 0 aliphatic rings. The van der Waals surface area contributed by atoms with Crippen LogP contribution in [0.25, 0.3) is 0 Å². The Morgan fingerprint density at radius 3 is 2.67 bits per heavy atom. The second-order valence-corrected chi connectivity index (χ2v) is 4.12. The Bertz CT molecular complexity index is 325. The number of rotatable bonds is 4. The molecule has 0 amide bonds. The quantitative estimate of drug-likeness (QED) is 0.822. The topological polar surface area (TPSA) is 23.5 Å². The Kier molecular flexibility index (Phi) is 4.24. The van der Waals surface area contributed by atoms with Crippen molar-refractivity contribution >= 4 is 0 Å². The van der Waals surface area contributed by atoms with Crippen molar-refractivity contribution in [3.05, 3.63) is 35.1 Å². The minimum Gasteiger partial charge on any atom is -0.392 e. The third kappa shape index (κ3) is 3.98. The van der Waals surface area contributed by atoms with E-state index in [0.29, 0.717) is 6.54 Å². The molecule has 0 aliphatic carbocycles. The molecule has 0 heterocycles. The van der Waals surface area contributed by atoms with Crippen molar-refractivity contribution in [2.24, 2.45) is 0 Å². The van der Waals surface area contributed by atoms with Gasteiger partial charge in [0.2, 0.25) is 0 Å². The summed E-state index contributed by atoms with van der Waals surface area (Å²) in [6.45, 7) is 5.01. The summed E-state index contributed by atoms with van der Waals surface area (Å²) in [7, 11) is 1.94. The Labute approximate surface area is 90.3 Å². The number of benzene rings is 1. The van der Waals surface area contributed by atoms with E-state index in [1.165, 1.54) is 12.1 Å². The monoisotopic (exact) mass is 211 g/mol. The second-order valence-electron chi connectivity index (χ2n) is 4.12. The van der Waals surface area contributed by atoms with E-state index in [-0.39, 0.29) is 11.9 Å². The molecule has 0 saturated carbocycles. The van der Waals surface area contributed by atoms with Crippen LogP contribution in [0.1, 0.15) is 18.1 Å². The average Bonchev–Trinajstić information content (AvgIpc) is 2.08. The van der Waals surface area contributed by atoms with Crippen LogP contribution in [0.5, 0.6) is 0 Å². The number of aliphatic hydroxyl groups excluding tert-OH is 1. The number of aryl methyl sites for hydroxylation is 1. The Hall–Kier alpha value is -0.930. The fraction of sp³-hybridized carbons (Fsp3) is 0.500. The van der Waals surface area contributed by atoms with Crippen LogP contribution in [0.2, 0.25) is 0 Å². The van der Waals surface area contributed by atoms with Crippen molar-refractivity contribution in [3.63, 3.8) is 0 Å². The normalized spacial score (nSPS) is 13.2. The standard InChI is InChI=1S/C12H18FNO/c1-9-6-12(13)5-4-11(9)8-14(3)7-10(2)15/h4-6,10,15H,7-8H2,1-3H3. The van der Waals surface area contributed by atoms with E-state index in [9.17, 15) is 9.50 Å². The van der Waals surface area contributed by atoms with E-state index in [4.69, 9.17) is 0 Å². The molecular weight excluding hydrogens is 193 g/mol. The highest BCUT2D eigenvalue weighted by molar-refractivity contribution is 5.26. The van der Waals surface area contributed by atoms with Crippen LogP contribution >= 0.6 is 0 Å². The van der Waals surface area contributed by atoms with Gasteiger partial charge in [-0.05, 0) is 44.2 Å². The van der Waals surface area contributed by atoms with Gasteiger partial charge in [-0.1, -0.05) is 6.07 Å². The largest absolute Gasteiger partial charge is 0.392 e. The lowest BCUT2D eigenvalue weighted by Crippen LogP contribution is -2.27. The van der Waals surface area contributed by atoms with Crippen LogP contribution in [0.4, 0.5) is 4.39 Å². The van der Waals surface area contributed by atoms with Gasteiger partial charge in [-0.3, -0.25) is 4.90 Å². The molecular formula is C12H18FNO. The predicted molar refractivity (Wildman–Crippen MR) is 59.2 cm³/mol. The first-order valence-electron chi connectivity index (χ1n) is 5.10. The molecule has 3 heteroatoms. The van der Waals surface area contributed by atoms with Crippen LogP contribution < -0.4 is 0 Å². The van der Waals surface area contributed by atoms with Gasteiger partial charge in [0.1, 0.15) is 5.82 Å². The van der Waals surface area contributed by atoms with Crippen LogP contribution in [0, 0.1) is 12.7 Å². The summed E-state index contributed by atoms with van der Waals surface area (Å²) >= 11 is 0. The fourth-order valence-corrected chi connectivity index (χ4v) is 1.64. The lowest BCUT2D eigenvalue weighted by molar-refractivity contribution is 0.138. The highest BCUT2D eigenvalue weighted by atomic mass is 19.1. The molecule has 0 bridgehead atoms. The third-order valence-corrected chi connectivity index (χ3v) is 2.32. The smallest absolute Gasteiger partial charge is 0.123 e. The number of aliphatic hydroxyl groups is 1. The molecule has 0 aliphatic heterocycles. The van der Waals surface area contributed by atoms with Crippen molar-refractivity contribution in [2.75, 3.05) is 13.6 Å². The summed E-state index contributed by atoms with van der Waals surface area (Å²) < 4.78 is 12.8. The minimum absolute atomic E-state index is 0.200. The average molecular weight is 211 g/mol. The lowest BCUT2D eigenvalue weighted by Gasteiger charge is -2.19. The molecule has 15 heavy (non-hydrogen) atoms. The maximum absolute atomic E-state index is 12.8.